The third kappa shape index (κ3) is 7.03. The lowest BCUT2D eigenvalue weighted by molar-refractivity contribution is 0.214. The zero-order valence-electron chi connectivity index (χ0n) is 33.4. The van der Waals surface area contributed by atoms with Gasteiger partial charge >= 0.3 is 0 Å². The number of nitrogens with zero attached hydrogens (tertiary/aromatic N) is 4. The maximum Gasteiger partial charge on any atom is 0.127 e. The van der Waals surface area contributed by atoms with Crippen LogP contribution in [0.5, 0.6) is 23.0 Å². The molecule has 3 aromatic carbocycles. The molecule has 0 fully saturated rings. The van der Waals surface area contributed by atoms with Crippen LogP contribution in [-0.4, -0.2) is 56.3 Å². The molecule has 62 heavy (non-hydrogen) atoms. The summed E-state index contributed by atoms with van der Waals surface area (Å²) in [4.78, 5) is 27.2. The number of hydrogen-bond donors (Lipinski definition) is 2. The van der Waals surface area contributed by atoms with Crippen LogP contribution in [0.25, 0.3) is 90.9 Å². The van der Waals surface area contributed by atoms with Crippen molar-refractivity contribution in [1.29, 1.82) is 0 Å². The maximum absolute atomic E-state index is 6.53. The molecule has 8 aromatic rings. The predicted octanol–water partition coefficient (Wildman–Crippen LogP) is 11.3. The van der Waals surface area contributed by atoms with Crippen molar-refractivity contribution in [3.05, 3.63) is 169 Å². The van der Waals surface area contributed by atoms with E-state index in [1.165, 1.54) is 0 Å². The minimum atomic E-state index is 0.316. The van der Waals surface area contributed by atoms with Crippen LogP contribution in [0.1, 0.15) is 22.8 Å². The largest absolute Gasteiger partial charge is 0.490 e. The lowest BCUT2D eigenvalue weighted by atomic mass is 10.0. The molecule has 11 heterocycles. The molecule has 14 rings (SSSR count). The zero-order valence-corrected chi connectivity index (χ0v) is 33.4. The van der Waals surface area contributed by atoms with E-state index < -0.39 is 0 Å². The van der Waals surface area contributed by atoms with E-state index in [1.54, 1.807) is 24.8 Å². The summed E-state index contributed by atoms with van der Waals surface area (Å²) in [5.41, 5.74) is 13.9. The molecule has 0 aliphatic carbocycles. The molecule has 0 amide bonds. The molecule has 5 aromatic heterocycles. The second kappa shape index (κ2) is 16.1. The first-order chi connectivity index (χ1) is 30.7. The summed E-state index contributed by atoms with van der Waals surface area (Å²) in [6, 6.07) is 40.2. The Balaban J connectivity index is 1.26. The van der Waals surface area contributed by atoms with Gasteiger partial charge in [-0.3, -0.25) is 9.97 Å². The molecule has 6 aliphatic rings. The number of pyridine rings is 2. The highest BCUT2D eigenvalue weighted by atomic mass is 16.5. The third-order valence-corrected chi connectivity index (χ3v) is 11.0. The molecule has 300 valence electrons. The van der Waals surface area contributed by atoms with Crippen molar-refractivity contribution in [2.45, 2.75) is 0 Å². The van der Waals surface area contributed by atoms with Gasteiger partial charge in [-0.1, -0.05) is 36.4 Å². The predicted molar refractivity (Wildman–Crippen MR) is 245 cm³/mol. The van der Waals surface area contributed by atoms with Crippen LogP contribution in [-0.2, 0) is 0 Å². The Morgan fingerprint density at radius 3 is 1.13 bits per heavy atom. The second-order valence-corrected chi connectivity index (χ2v) is 14.8. The van der Waals surface area contributed by atoms with Gasteiger partial charge in [-0.2, -0.15) is 0 Å². The number of rotatable bonds is 2. The van der Waals surface area contributed by atoms with Gasteiger partial charge in [0.2, 0.25) is 0 Å². The van der Waals surface area contributed by atoms with Crippen LogP contribution in [0.15, 0.2) is 146 Å². The first-order valence-electron chi connectivity index (χ1n) is 20.5. The first-order valence-corrected chi connectivity index (χ1v) is 20.5. The molecular weight excluding hydrogens is 773 g/mol. The van der Waals surface area contributed by atoms with Gasteiger partial charge in [-0.25, -0.2) is 9.97 Å². The second-order valence-electron chi connectivity index (χ2n) is 14.8. The summed E-state index contributed by atoms with van der Waals surface area (Å²) in [6.07, 6.45) is 15.5. The lowest BCUT2D eigenvalue weighted by Gasteiger charge is -2.14. The van der Waals surface area contributed by atoms with Crippen molar-refractivity contribution in [2.24, 2.45) is 0 Å². The number of ether oxygens (including phenoxy) is 4. The quantitative estimate of drug-likeness (QED) is 0.177. The summed E-state index contributed by atoms with van der Waals surface area (Å²) >= 11 is 0. The third-order valence-electron chi connectivity index (χ3n) is 11.0. The smallest absolute Gasteiger partial charge is 0.127 e. The van der Waals surface area contributed by atoms with Crippen LogP contribution < -0.4 is 18.9 Å². The van der Waals surface area contributed by atoms with Crippen LogP contribution in [0.3, 0.4) is 0 Å². The summed E-state index contributed by atoms with van der Waals surface area (Å²) in [5.74, 6) is 2.84. The molecule has 0 atom stereocenters. The van der Waals surface area contributed by atoms with Crippen molar-refractivity contribution in [2.75, 3.05) is 26.4 Å². The summed E-state index contributed by atoms with van der Waals surface area (Å²) in [7, 11) is 0. The van der Waals surface area contributed by atoms with Gasteiger partial charge in [0.05, 0.1) is 22.8 Å². The SMILES string of the molecule is C1=Cc2nc1c(-c1ccncc1)c1ccc([nH]1)c1c3nc(c(-c4ccncc4)c4ccc([nH]4)c2-c2ccccc2OCCOc2ccc(cc2)OCCOc2ccccc2-1)C=C3. The number of hydrogen-bond acceptors (Lipinski definition) is 8. The van der Waals surface area contributed by atoms with E-state index in [-0.39, 0.29) is 0 Å². The topological polar surface area (TPSA) is 120 Å². The number of aromatic amines is 2. The lowest BCUT2D eigenvalue weighted by Crippen LogP contribution is -2.10. The molecule has 0 spiro atoms. The average Bonchev–Trinajstić information content (AvgIpc) is 4.17. The number of nitrogens with one attached hydrogen (secondary N) is 2. The summed E-state index contributed by atoms with van der Waals surface area (Å²) < 4.78 is 25.3. The Morgan fingerprint density at radius 2 is 0.710 bits per heavy atom. The number of aromatic nitrogens is 6. The Labute approximate surface area is 356 Å². The monoisotopic (exact) mass is 810 g/mol. The highest BCUT2D eigenvalue weighted by molar-refractivity contribution is 6.00. The van der Waals surface area contributed by atoms with Gasteiger partial charge in [-0.15, -0.1) is 0 Å². The van der Waals surface area contributed by atoms with Crippen LogP contribution in [0.4, 0.5) is 0 Å². The Hall–Kier alpha value is -8.24. The number of H-pyrrole nitrogens is 2. The molecule has 0 saturated heterocycles. The number of benzene rings is 3. The van der Waals surface area contributed by atoms with Crippen LogP contribution in [0.2, 0.25) is 0 Å². The molecule has 0 unspecified atom stereocenters. The molecule has 6 aliphatic heterocycles. The van der Waals surface area contributed by atoms with E-state index >= 15 is 0 Å². The van der Waals surface area contributed by atoms with E-state index in [1.807, 2.05) is 84.9 Å². The van der Waals surface area contributed by atoms with Crippen LogP contribution >= 0.6 is 0 Å². The van der Waals surface area contributed by atoms with Crippen molar-refractivity contribution in [3.63, 3.8) is 0 Å². The van der Waals surface area contributed by atoms with E-state index in [2.05, 4.69) is 80.6 Å². The van der Waals surface area contributed by atoms with Crippen molar-refractivity contribution in [3.8, 4) is 67.5 Å². The molecule has 0 radical (unpaired) electrons. The molecular formula is C52H38N6O4. The Bertz CT molecular complexity index is 2980. The fourth-order valence-corrected chi connectivity index (χ4v) is 8.27. The summed E-state index contributed by atoms with van der Waals surface area (Å²) in [6.45, 7) is 1.30. The van der Waals surface area contributed by atoms with Gasteiger partial charge < -0.3 is 28.9 Å². The molecule has 0 saturated carbocycles. The molecule has 12 bridgehead atoms. The first kappa shape index (κ1) is 36.8. The normalized spacial score (nSPS) is 13.3. The minimum Gasteiger partial charge on any atom is -0.490 e. The molecule has 10 nitrogen and oxygen atoms in total. The van der Waals surface area contributed by atoms with Crippen molar-refractivity contribution < 1.29 is 18.9 Å². The van der Waals surface area contributed by atoms with Gasteiger partial charge in [0, 0.05) is 80.2 Å². The highest BCUT2D eigenvalue weighted by Gasteiger charge is 2.21. The standard InChI is InChI=1S/C52H38N6O4/c1-3-7-47-37(5-1)51-43-17-13-39(55-43)49(33-21-25-53-26-22-33)41-15-19-45(57-41)52(46-20-16-42(58-46)50(34-23-27-54-28-24-34)40-14-18-44(51)56-40)38-6-2-4-8-48(38)62-32-30-60-36-11-9-35(10-12-36)59-29-31-61-47/h1-28,55,58H,29-32H2. The molecule has 2 N–H and O–H groups in total. The fourth-order valence-electron chi connectivity index (χ4n) is 8.27. The highest BCUT2D eigenvalue weighted by Crippen LogP contribution is 2.41. The Kier molecular flexibility index (Phi) is 9.55. The van der Waals surface area contributed by atoms with Gasteiger partial charge in [-0.05, 0) is 120 Å². The summed E-state index contributed by atoms with van der Waals surface area (Å²) in [5, 5.41) is 0. The Morgan fingerprint density at radius 1 is 0.355 bits per heavy atom. The van der Waals surface area contributed by atoms with Gasteiger partial charge in [0.1, 0.15) is 49.4 Å². The van der Waals surface area contributed by atoms with E-state index in [0.717, 1.165) is 101 Å². The number of para-hydroxylation sites is 2. The van der Waals surface area contributed by atoms with Gasteiger partial charge in [0.15, 0.2) is 0 Å². The van der Waals surface area contributed by atoms with Gasteiger partial charge in [0.25, 0.3) is 0 Å². The van der Waals surface area contributed by atoms with E-state index in [9.17, 15) is 0 Å². The van der Waals surface area contributed by atoms with Crippen molar-refractivity contribution >= 4 is 46.4 Å². The van der Waals surface area contributed by atoms with E-state index in [0.29, 0.717) is 37.9 Å². The minimum absolute atomic E-state index is 0.316. The van der Waals surface area contributed by atoms with Crippen LogP contribution in [0, 0.1) is 0 Å². The maximum atomic E-state index is 6.53. The average molecular weight is 811 g/mol. The zero-order chi connectivity index (χ0) is 41.2. The molecule has 10 heteroatoms. The van der Waals surface area contributed by atoms with Crippen molar-refractivity contribution in [1.82, 2.24) is 29.9 Å². The fraction of sp³-hybridized carbons (Fsp3) is 0.0769. The van der Waals surface area contributed by atoms with E-state index in [4.69, 9.17) is 28.9 Å².